The van der Waals surface area contributed by atoms with Gasteiger partial charge in [0.15, 0.2) is 0 Å². The number of allylic oxidation sites excluding steroid dienone is 1. The van der Waals surface area contributed by atoms with Crippen LogP contribution in [0.2, 0.25) is 13.1 Å². The van der Waals surface area contributed by atoms with Crippen LogP contribution < -0.4 is 24.8 Å². The zero-order valence-corrected chi connectivity index (χ0v) is 24.4. The Balaban J connectivity index is 0.000000207. The predicted molar refractivity (Wildman–Crippen MR) is 128 cm³/mol. The van der Waals surface area contributed by atoms with Crippen LogP contribution in [0.25, 0.3) is 26.7 Å². The van der Waals surface area contributed by atoms with Crippen molar-refractivity contribution in [2.75, 3.05) is 0 Å². The Bertz CT molecular complexity index is 1250. The van der Waals surface area contributed by atoms with Crippen molar-refractivity contribution in [3.05, 3.63) is 81.6 Å². The molecule has 0 saturated heterocycles. The van der Waals surface area contributed by atoms with Crippen LogP contribution in [-0.4, -0.2) is 8.07 Å². The van der Waals surface area contributed by atoms with Crippen LogP contribution in [0.5, 0.6) is 0 Å². The van der Waals surface area contributed by atoms with E-state index in [0.717, 1.165) is 5.54 Å². The molecule has 0 saturated carbocycles. The molecule has 0 spiro atoms. The molecule has 3 heterocycles. The Morgan fingerprint density at radius 3 is 2.32 bits per heavy atom. The van der Waals surface area contributed by atoms with E-state index in [1.807, 2.05) is 11.3 Å². The molecule has 0 amide bonds. The van der Waals surface area contributed by atoms with Crippen molar-refractivity contribution in [3.63, 3.8) is 0 Å². The Hall–Kier alpha value is -0.570. The Kier molecular flexibility index (Phi) is 8.38. The van der Waals surface area contributed by atoms with Crippen LogP contribution in [0.1, 0.15) is 48.2 Å². The first kappa shape index (κ1) is 26.7. The van der Waals surface area contributed by atoms with E-state index in [4.69, 9.17) is 0 Å². The van der Waals surface area contributed by atoms with Gasteiger partial charge in [0.25, 0.3) is 0 Å². The fourth-order valence-corrected chi connectivity index (χ4v) is 11.6. The summed E-state index contributed by atoms with van der Waals surface area (Å²) in [6.45, 7) is 11.8. The molecule has 0 fully saturated rings. The van der Waals surface area contributed by atoms with Crippen LogP contribution >= 0.6 is 11.3 Å². The van der Waals surface area contributed by atoms with Gasteiger partial charge >= 0.3 is 26.2 Å². The number of fused-ring (bicyclic) bond motifs is 3. The predicted octanol–water partition coefficient (Wildman–Crippen LogP) is 2.26. The zero-order chi connectivity index (χ0) is 19.6. The van der Waals surface area contributed by atoms with E-state index in [9.17, 15) is 0 Å². The molecule has 3 aliphatic rings. The SMILES string of the molecule is CC(C)c1cc2c(ccc3ccccc32)[cH-]1.CC1=C2c3sccc3C1[Si]2(C)C.[Cl-].[Cl-].[Zr+3]. The van der Waals surface area contributed by atoms with Crippen molar-refractivity contribution < 1.29 is 51.0 Å². The molecule has 1 aromatic heterocycles. The van der Waals surface area contributed by atoms with Gasteiger partial charge in [-0.1, -0.05) is 68.2 Å². The number of hydrogen-bond acceptors (Lipinski definition) is 1. The summed E-state index contributed by atoms with van der Waals surface area (Å²) in [5.41, 5.74) is 5.66. The van der Waals surface area contributed by atoms with Crippen LogP contribution in [0, 0.1) is 0 Å². The normalized spacial score (nSPS) is 17.2. The van der Waals surface area contributed by atoms with Gasteiger partial charge in [0.2, 0.25) is 0 Å². The number of halogens is 2. The molecule has 159 valence electrons. The smallest absolute Gasteiger partial charge is 1.00 e. The average molecular weight is 562 g/mol. The number of thiophene rings is 1. The van der Waals surface area contributed by atoms with Crippen molar-refractivity contribution in [3.8, 4) is 0 Å². The van der Waals surface area contributed by atoms with E-state index in [1.54, 1.807) is 21.2 Å². The second-order valence-electron chi connectivity index (χ2n) is 9.15. The number of hydrogen-bond donors (Lipinski definition) is 0. The van der Waals surface area contributed by atoms with Crippen molar-refractivity contribution in [2.24, 2.45) is 0 Å². The summed E-state index contributed by atoms with van der Waals surface area (Å²) in [5, 5.41) is 9.47. The minimum Gasteiger partial charge on any atom is -1.00 e. The molecular weight excluding hydrogens is 535 g/mol. The molecule has 5 heteroatoms. The average Bonchev–Trinajstić information content (AvgIpc) is 3.38. The van der Waals surface area contributed by atoms with Crippen LogP contribution in [-0.2, 0) is 26.2 Å². The Morgan fingerprint density at radius 2 is 1.68 bits per heavy atom. The summed E-state index contributed by atoms with van der Waals surface area (Å²) in [6.07, 6.45) is 0. The topological polar surface area (TPSA) is 0 Å². The largest absolute Gasteiger partial charge is 3.00 e. The van der Waals surface area contributed by atoms with Gasteiger partial charge < -0.3 is 24.8 Å². The van der Waals surface area contributed by atoms with Crippen molar-refractivity contribution in [1.82, 2.24) is 0 Å². The third-order valence-electron chi connectivity index (χ3n) is 6.73. The molecule has 31 heavy (non-hydrogen) atoms. The maximum atomic E-state index is 2.51. The fraction of sp³-hybridized carbons (Fsp3) is 0.269. The van der Waals surface area contributed by atoms with Crippen molar-refractivity contribution >= 4 is 46.2 Å². The van der Waals surface area contributed by atoms with Gasteiger partial charge in [0.1, 0.15) is 0 Å². The molecule has 2 bridgehead atoms. The first-order valence-corrected chi connectivity index (χ1v) is 14.2. The second kappa shape index (κ2) is 9.74. The third kappa shape index (κ3) is 4.11. The maximum absolute atomic E-state index is 2.51. The van der Waals surface area contributed by atoms with Gasteiger partial charge in [-0.25, -0.2) is 0 Å². The molecule has 4 aromatic rings. The fourth-order valence-electron chi connectivity index (χ4n) is 5.42. The quantitative estimate of drug-likeness (QED) is 0.247. The van der Waals surface area contributed by atoms with Crippen LogP contribution in [0.4, 0.5) is 0 Å². The van der Waals surface area contributed by atoms with Crippen LogP contribution in [0.3, 0.4) is 0 Å². The van der Waals surface area contributed by atoms with Gasteiger partial charge in [0.05, 0.1) is 8.07 Å². The standard InChI is InChI=1S/C16H15.C10H12SSi.2ClH.Zr/c1-11(2)14-9-13-8-7-12-5-3-4-6-15(12)16(13)10-14;1-6-9-7-4-5-11-8(7)10(6)12(9,2)3;;;/h3-11H,1-2H3;4-5,9H,1-3H3;2*1H;/q-1;;;;+3/p-2. The molecule has 0 nitrogen and oxygen atoms in total. The summed E-state index contributed by atoms with van der Waals surface area (Å²) in [5.74, 6) is 0.603. The van der Waals surface area contributed by atoms with Gasteiger partial charge in [-0.05, 0) is 40.4 Å². The van der Waals surface area contributed by atoms with Gasteiger partial charge in [-0.2, -0.15) is 6.07 Å². The summed E-state index contributed by atoms with van der Waals surface area (Å²) in [7, 11) is -0.972. The Labute approximate surface area is 222 Å². The molecule has 0 N–H and O–H groups in total. The van der Waals surface area contributed by atoms with Gasteiger partial charge in [-0.3, -0.25) is 0 Å². The molecular formula is C26H27Cl2SSiZr. The molecule has 1 unspecified atom stereocenters. The van der Waals surface area contributed by atoms with E-state index in [1.165, 1.54) is 27.1 Å². The minimum atomic E-state index is -0.972. The molecule has 1 aliphatic carbocycles. The van der Waals surface area contributed by atoms with Crippen LogP contribution in [0.15, 0.2) is 65.6 Å². The summed E-state index contributed by atoms with van der Waals surface area (Å²) in [6, 6.07) is 20.0. The third-order valence-corrected chi connectivity index (χ3v) is 12.0. The van der Waals surface area contributed by atoms with Crippen molar-refractivity contribution in [1.29, 1.82) is 0 Å². The number of benzene rings is 2. The van der Waals surface area contributed by atoms with E-state index >= 15 is 0 Å². The molecule has 7 rings (SSSR count). The maximum Gasteiger partial charge on any atom is 3.00 e. The summed E-state index contributed by atoms with van der Waals surface area (Å²) >= 11 is 1.94. The minimum absolute atomic E-state index is 0. The monoisotopic (exact) mass is 559 g/mol. The van der Waals surface area contributed by atoms with E-state index < -0.39 is 8.07 Å². The molecule has 1 atom stereocenters. The van der Waals surface area contributed by atoms with Gasteiger partial charge in [0, 0.05) is 10.4 Å². The van der Waals surface area contributed by atoms with Crippen molar-refractivity contribution in [2.45, 2.75) is 45.3 Å². The van der Waals surface area contributed by atoms with Gasteiger partial charge in [-0.15, -0.1) is 39.8 Å². The molecule has 3 aromatic carbocycles. The molecule has 2 aliphatic heterocycles. The summed E-state index contributed by atoms with van der Waals surface area (Å²) in [4.78, 5) is 1.63. The second-order valence-corrected chi connectivity index (χ2v) is 14.6. The van der Waals surface area contributed by atoms with E-state index in [-0.39, 0.29) is 51.0 Å². The zero-order valence-electron chi connectivity index (χ0n) is 18.6. The van der Waals surface area contributed by atoms with E-state index in [0.29, 0.717) is 5.92 Å². The Morgan fingerprint density at radius 1 is 0.968 bits per heavy atom. The summed E-state index contributed by atoms with van der Waals surface area (Å²) < 4.78 is 0. The molecule has 1 radical (unpaired) electrons. The first-order chi connectivity index (χ1) is 13.4. The first-order valence-electron chi connectivity index (χ1n) is 10.3. The number of rotatable bonds is 1. The van der Waals surface area contributed by atoms with E-state index in [2.05, 4.69) is 93.8 Å².